The van der Waals surface area contributed by atoms with Crippen LogP contribution >= 0.6 is 0 Å². The van der Waals surface area contributed by atoms with Crippen molar-refractivity contribution in [2.45, 2.75) is 56.8 Å². The van der Waals surface area contributed by atoms with Crippen molar-refractivity contribution in [1.82, 2.24) is 9.80 Å². The standard InChI is InChI=1S/C16H21N3O5/c1-9(20)8-24-13-6-10-5-12(13)19(16(22)23)14(10)15(21)18-4-2-3-11(18)7-17/h10-14H,2-6,8H2,1H3,(H,22,23)/t10-,11-,12+,13+,14-/m0/s1. The van der Waals surface area contributed by atoms with Gasteiger partial charge >= 0.3 is 6.09 Å². The highest BCUT2D eigenvalue weighted by atomic mass is 16.5. The summed E-state index contributed by atoms with van der Waals surface area (Å²) < 4.78 is 5.54. The van der Waals surface area contributed by atoms with Crippen molar-refractivity contribution in [3.05, 3.63) is 0 Å². The molecule has 3 fully saturated rings. The smallest absolute Gasteiger partial charge is 0.408 e. The Bertz CT molecular complexity index is 601. The monoisotopic (exact) mass is 335 g/mol. The number of ether oxygens (including phenoxy) is 1. The van der Waals surface area contributed by atoms with Crippen molar-refractivity contribution in [3.63, 3.8) is 0 Å². The largest absolute Gasteiger partial charge is 0.465 e. The van der Waals surface area contributed by atoms with Crippen LogP contribution in [-0.2, 0) is 14.3 Å². The topological polar surface area (TPSA) is 111 Å². The third kappa shape index (κ3) is 2.73. The summed E-state index contributed by atoms with van der Waals surface area (Å²) in [6.07, 6.45) is 1.05. The molecule has 1 saturated carbocycles. The zero-order valence-electron chi connectivity index (χ0n) is 13.6. The van der Waals surface area contributed by atoms with Crippen LogP contribution in [0.3, 0.4) is 0 Å². The van der Waals surface area contributed by atoms with Gasteiger partial charge in [0.15, 0.2) is 5.78 Å². The number of rotatable bonds is 4. The number of nitrogens with zero attached hydrogens (tertiary/aromatic N) is 3. The third-order valence-corrected chi connectivity index (χ3v) is 5.27. The summed E-state index contributed by atoms with van der Waals surface area (Å²) in [7, 11) is 0. The minimum Gasteiger partial charge on any atom is -0.465 e. The maximum Gasteiger partial charge on any atom is 0.408 e. The number of fused-ring (bicyclic) bond motifs is 2. The van der Waals surface area contributed by atoms with E-state index in [0.717, 1.165) is 6.42 Å². The van der Waals surface area contributed by atoms with Crippen molar-refractivity contribution < 1.29 is 24.2 Å². The Hall–Kier alpha value is -2.14. The first-order valence-corrected chi connectivity index (χ1v) is 8.26. The van der Waals surface area contributed by atoms with Crippen molar-refractivity contribution in [3.8, 4) is 6.07 Å². The maximum absolute atomic E-state index is 12.9. The number of carbonyl (C=O) groups is 3. The van der Waals surface area contributed by atoms with Crippen molar-refractivity contribution in [1.29, 1.82) is 5.26 Å². The van der Waals surface area contributed by atoms with E-state index in [4.69, 9.17) is 4.74 Å². The van der Waals surface area contributed by atoms with Crippen LogP contribution in [-0.4, -0.2) is 70.1 Å². The Balaban J connectivity index is 1.76. The van der Waals surface area contributed by atoms with Crippen molar-refractivity contribution >= 4 is 17.8 Å². The molecule has 0 unspecified atom stereocenters. The van der Waals surface area contributed by atoms with Gasteiger partial charge in [-0.25, -0.2) is 4.79 Å². The van der Waals surface area contributed by atoms with E-state index in [2.05, 4.69) is 6.07 Å². The third-order valence-electron chi connectivity index (χ3n) is 5.27. The highest BCUT2D eigenvalue weighted by Gasteiger charge is 2.57. The van der Waals surface area contributed by atoms with Gasteiger partial charge in [-0.2, -0.15) is 5.26 Å². The lowest BCUT2D eigenvalue weighted by Gasteiger charge is -2.38. The van der Waals surface area contributed by atoms with E-state index in [9.17, 15) is 24.8 Å². The number of ketones is 1. The fourth-order valence-corrected chi connectivity index (χ4v) is 4.32. The minimum atomic E-state index is -1.15. The van der Waals surface area contributed by atoms with Crippen molar-refractivity contribution in [2.24, 2.45) is 5.92 Å². The van der Waals surface area contributed by atoms with E-state index >= 15 is 0 Å². The molecule has 2 saturated heterocycles. The summed E-state index contributed by atoms with van der Waals surface area (Å²) in [6.45, 7) is 1.88. The Labute approximate surface area is 140 Å². The number of Topliss-reactive ketones (excluding diaryl/α,β-unsaturated/α-hetero) is 1. The molecular weight excluding hydrogens is 314 g/mol. The number of amides is 2. The molecular formula is C16H21N3O5. The number of likely N-dealkylation sites (tertiary alicyclic amines) is 2. The molecule has 0 aromatic carbocycles. The van der Waals surface area contributed by atoms with E-state index < -0.39 is 24.2 Å². The van der Waals surface area contributed by atoms with Crippen LogP contribution in [0.2, 0.25) is 0 Å². The molecule has 2 amide bonds. The number of hydrogen-bond acceptors (Lipinski definition) is 5. The Morgan fingerprint density at radius 3 is 2.71 bits per heavy atom. The number of hydrogen-bond donors (Lipinski definition) is 1. The summed E-state index contributed by atoms with van der Waals surface area (Å²) in [4.78, 5) is 38.4. The highest BCUT2D eigenvalue weighted by Crippen LogP contribution is 2.45. The van der Waals surface area contributed by atoms with Crippen LogP contribution in [0.1, 0.15) is 32.6 Å². The van der Waals surface area contributed by atoms with Crippen LogP contribution in [0, 0.1) is 17.2 Å². The van der Waals surface area contributed by atoms with E-state index in [1.807, 2.05) is 0 Å². The van der Waals surface area contributed by atoms with E-state index in [-0.39, 0.29) is 30.3 Å². The maximum atomic E-state index is 12.9. The van der Waals surface area contributed by atoms with Crippen LogP contribution in [0.4, 0.5) is 4.79 Å². The van der Waals surface area contributed by atoms with Crippen molar-refractivity contribution in [2.75, 3.05) is 13.2 Å². The van der Waals surface area contributed by atoms with Gasteiger partial charge in [-0.15, -0.1) is 0 Å². The van der Waals surface area contributed by atoms with Gasteiger partial charge in [0.25, 0.3) is 0 Å². The Kier molecular flexibility index (Phi) is 4.45. The molecule has 2 bridgehead atoms. The van der Waals surface area contributed by atoms with E-state index in [1.54, 1.807) is 0 Å². The average Bonchev–Trinajstić information content (AvgIpc) is 3.24. The van der Waals surface area contributed by atoms with Gasteiger partial charge in [0.2, 0.25) is 5.91 Å². The zero-order valence-corrected chi connectivity index (χ0v) is 13.6. The van der Waals surface area contributed by atoms with Crippen LogP contribution in [0.25, 0.3) is 0 Å². The lowest BCUT2D eigenvalue weighted by atomic mass is 9.96. The molecule has 0 aromatic heterocycles. The summed E-state index contributed by atoms with van der Waals surface area (Å²) in [6, 6.07) is 0.527. The van der Waals surface area contributed by atoms with Crippen LogP contribution in [0.5, 0.6) is 0 Å². The molecule has 0 radical (unpaired) electrons. The first-order valence-electron chi connectivity index (χ1n) is 8.26. The molecule has 5 atom stereocenters. The molecule has 8 heteroatoms. The predicted octanol–water partition coefficient (Wildman–Crippen LogP) is 0.616. The van der Waals surface area contributed by atoms with Gasteiger partial charge in [-0.1, -0.05) is 0 Å². The first-order chi connectivity index (χ1) is 11.4. The fraction of sp³-hybridized carbons (Fsp3) is 0.750. The van der Waals surface area contributed by atoms with Gasteiger partial charge in [0.05, 0.1) is 18.2 Å². The number of piperidine rings is 1. The fourth-order valence-electron chi connectivity index (χ4n) is 4.32. The Morgan fingerprint density at radius 1 is 1.33 bits per heavy atom. The predicted molar refractivity (Wildman–Crippen MR) is 80.9 cm³/mol. The molecule has 130 valence electrons. The second-order valence-electron chi connectivity index (χ2n) is 6.80. The quantitative estimate of drug-likeness (QED) is 0.806. The molecule has 2 aliphatic heterocycles. The van der Waals surface area contributed by atoms with Crippen LogP contribution in [0.15, 0.2) is 0 Å². The zero-order chi connectivity index (χ0) is 17.4. The average molecular weight is 335 g/mol. The second kappa shape index (κ2) is 6.40. The van der Waals surface area contributed by atoms with Gasteiger partial charge in [-0.3, -0.25) is 14.5 Å². The molecule has 1 N–H and O–H groups in total. The lowest BCUT2D eigenvalue weighted by Crippen LogP contribution is -2.57. The molecule has 3 aliphatic rings. The first kappa shape index (κ1) is 16.7. The summed E-state index contributed by atoms with van der Waals surface area (Å²) >= 11 is 0. The minimum absolute atomic E-state index is 0.0391. The highest BCUT2D eigenvalue weighted by molar-refractivity contribution is 5.87. The molecule has 3 rings (SSSR count). The molecule has 0 aromatic rings. The van der Waals surface area contributed by atoms with Gasteiger partial charge < -0.3 is 14.7 Å². The van der Waals surface area contributed by atoms with E-state index in [0.29, 0.717) is 25.8 Å². The molecule has 2 heterocycles. The summed E-state index contributed by atoms with van der Waals surface area (Å²) in [5.41, 5.74) is 0. The number of nitriles is 1. The normalized spacial score (nSPS) is 34.4. The molecule has 0 spiro atoms. The van der Waals surface area contributed by atoms with Crippen LogP contribution < -0.4 is 0 Å². The molecule has 1 aliphatic carbocycles. The van der Waals surface area contributed by atoms with Gasteiger partial charge in [0, 0.05) is 6.54 Å². The Morgan fingerprint density at radius 2 is 2.08 bits per heavy atom. The summed E-state index contributed by atoms with van der Waals surface area (Å²) in [5, 5.41) is 18.8. The lowest BCUT2D eigenvalue weighted by molar-refractivity contribution is -0.141. The van der Waals surface area contributed by atoms with E-state index in [1.165, 1.54) is 16.7 Å². The SMILES string of the molecule is CC(=O)CO[C@@H]1C[C@@H]2C[C@H]1N(C(=O)O)[C@@H]2C(=O)N1CCC[C@H]1C#N. The van der Waals surface area contributed by atoms with Gasteiger partial charge in [0.1, 0.15) is 18.7 Å². The van der Waals surface area contributed by atoms with Gasteiger partial charge in [-0.05, 0) is 38.5 Å². The summed E-state index contributed by atoms with van der Waals surface area (Å²) in [5.74, 6) is -0.490. The molecule has 24 heavy (non-hydrogen) atoms. The number of carboxylic acid groups (broad SMARTS) is 1. The second-order valence-corrected chi connectivity index (χ2v) is 6.80. The molecule has 8 nitrogen and oxygen atoms in total. The number of carbonyl (C=O) groups excluding carboxylic acids is 2.